The standard InChI is InChI=1S/C31H34FN3O5/c1-21(29(37)33-17-22-11-13-24(32)14-12-22)27(36)28(39-19-23-9-5-3-6-10-23)26-30(38)35-20-31(15-7-4-8-16-31)40-25(35)18-34(26)2/h3,5-6,9-14,25H,1,4,7-8,15-20H2,2H3,(H,33,37)/b28-26+. The maximum atomic E-state index is 13.9. The molecule has 2 saturated heterocycles. The van der Waals surface area contributed by atoms with Crippen molar-refractivity contribution in [1.82, 2.24) is 15.1 Å². The Morgan fingerprint density at radius 2 is 1.77 bits per heavy atom. The Bertz CT molecular complexity index is 1320. The molecule has 2 aromatic rings. The van der Waals surface area contributed by atoms with Crippen LogP contribution in [0.3, 0.4) is 0 Å². The van der Waals surface area contributed by atoms with Gasteiger partial charge in [0.1, 0.15) is 18.1 Å². The van der Waals surface area contributed by atoms with Crippen molar-refractivity contribution in [3.05, 3.63) is 95.1 Å². The van der Waals surface area contributed by atoms with Crippen molar-refractivity contribution in [2.75, 3.05) is 20.1 Å². The molecule has 5 rings (SSSR count). The number of rotatable bonds is 8. The lowest BCUT2D eigenvalue weighted by Crippen LogP contribution is -2.52. The number of Topliss-reactive ketones (excluding diaryl/α,β-unsaturated/α-hetero) is 1. The number of carbonyl (C=O) groups is 3. The molecular weight excluding hydrogens is 513 g/mol. The Morgan fingerprint density at radius 1 is 1.07 bits per heavy atom. The summed E-state index contributed by atoms with van der Waals surface area (Å²) in [7, 11) is 1.72. The normalized spacial score (nSPS) is 21.1. The third kappa shape index (κ3) is 5.79. The molecular formula is C31H34FN3O5. The van der Waals surface area contributed by atoms with Gasteiger partial charge in [0.25, 0.3) is 11.8 Å². The molecule has 210 valence electrons. The average molecular weight is 548 g/mol. The molecule has 2 aliphatic heterocycles. The summed E-state index contributed by atoms with van der Waals surface area (Å²) in [6.45, 7) is 4.68. The molecule has 8 nitrogen and oxygen atoms in total. The van der Waals surface area contributed by atoms with Gasteiger partial charge in [-0.05, 0) is 36.1 Å². The highest BCUT2D eigenvalue weighted by Gasteiger charge is 2.51. The van der Waals surface area contributed by atoms with Gasteiger partial charge in [-0.15, -0.1) is 0 Å². The smallest absolute Gasteiger partial charge is 0.276 e. The first-order valence-electron chi connectivity index (χ1n) is 13.6. The van der Waals surface area contributed by atoms with Crippen LogP contribution in [-0.4, -0.2) is 59.4 Å². The molecule has 0 radical (unpaired) electrons. The number of likely N-dealkylation sites (N-methyl/N-ethyl adjacent to an activating group) is 1. The van der Waals surface area contributed by atoms with Gasteiger partial charge in [0.15, 0.2) is 12.0 Å². The number of benzene rings is 2. The number of piperazine rings is 1. The van der Waals surface area contributed by atoms with Gasteiger partial charge in [-0.2, -0.15) is 0 Å². The van der Waals surface area contributed by atoms with Crippen LogP contribution in [0, 0.1) is 5.82 Å². The van der Waals surface area contributed by atoms with Crippen molar-refractivity contribution in [2.24, 2.45) is 0 Å². The van der Waals surface area contributed by atoms with E-state index in [1.165, 1.54) is 12.1 Å². The van der Waals surface area contributed by atoms with E-state index in [2.05, 4.69) is 11.9 Å². The largest absolute Gasteiger partial charge is 0.483 e. The second kappa shape index (κ2) is 11.6. The monoisotopic (exact) mass is 547 g/mol. The fraction of sp³-hybridized carbons (Fsp3) is 0.387. The van der Waals surface area contributed by atoms with Gasteiger partial charge in [-0.3, -0.25) is 14.4 Å². The van der Waals surface area contributed by atoms with Crippen molar-refractivity contribution in [3.8, 4) is 0 Å². The molecule has 1 saturated carbocycles. The Kier molecular flexibility index (Phi) is 8.02. The van der Waals surface area contributed by atoms with Crippen LogP contribution in [0.25, 0.3) is 0 Å². The summed E-state index contributed by atoms with van der Waals surface area (Å²) in [6.07, 6.45) is 4.67. The topological polar surface area (TPSA) is 88.2 Å². The minimum atomic E-state index is -0.770. The predicted molar refractivity (Wildman–Crippen MR) is 146 cm³/mol. The number of halogens is 1. The van der Waals surface area contributed by atoms with Crippen LogP contribution >= 0.6 is 0 Å². The van der Waals surface area contributed by atoms with Gasteiger partial charge in [0.05, 0.1) is 24.3 Å². The van der Waals surface area contributed by atoms with Gasteiger partial charge in [-0.1, -0.05) is 68.3 Å². The number of nitrogens with one attached hydrogen (secondary N) is 1. The summed E-state index contributed by atoms with van der Waals surface area (Å²) in [5.41, 5.74) is 0.832. The number of allylic oxidation sites excluding steroid dienone is 1. The highest BCUT2D eigenvalue weighted by Crippen LogP contribution is 2.41. The molecule has 1 atom stereocenters. The third-order valence-corrected chi connectivity index (χ3v) is 7.79. The molecule has 2 aromatic carbocycles. The predicted octanol–water partition coefficient (Wildman–Crippen LogP) is 3.83. The van der Waals surface area contributed by atoms with E-state index in [4.69, 9.17) is 9.47 Å². The fourth-order valence-corrected chi connectivity index (χ4v) is 5.61. The van der Waals surface area contributed by atoms with E-state index in [0.717, 1.165) is 37.7 Å². The van der Waals surface area contributed by atoms with Crippen molar-refractivity contribution >= 4 is 17.6 Å². The molecule has 1 N–H and O–H groups in total. The van der Waals surface area contributed by atoms with Crippen LogP contribution in [0.4, 0.5) is 4.39 Å². The van der Waals surface area contributed by atoms with Crippen molar-refractivity contribution in [1.29, 1.82) is 0 Å². The Hall–Kier alpha value is -3.98. The minimum Gasteiger partial charge on any atom is -0.483 e. The van der Waals surface area contributed by atoms with E-state index in [1.54, 1.807) is 29.0 Å². The highest BCUT2D eigenvalue weighted by molar-refractivity contribution is 6.25. The van der Waals surface area contributed by atoms with Gasteiger partial charge >= 0.3 is 0 Å². The quantitative estimate of drug-likeness (QED) is 0.234. The maximum absolute atomic E-state index is 13.9. The first-order valence-corrected chi connectivity index (χ1v) is 13.6. The maximum Gasteiger partial charge on any atom is 0.276 e. The summed E-state index contributed by atoms with van der Waals surface area (Å²) in [5, 5.41) is 2.64. The molecule has 3 aliphatic rings. The molecule has 2 amide bonds. The number of amides is 2. The molecule has 1 aliphatic carbocycles. The van der Waals surface area contributed by atoms with E-state index >= 15 is 0 Å². The van der Waals surface area contributed by atoms with Crippen LogP contribution < -0.4 is 5.32 Å². The van der Waals surface area contributed by atoms with Crippen LogP contribution in [-0.2, 0) is 37.0 Å². The SMILES string of the molecule is C=C(C(=O)NCc1ccc(F)cc1)C(=O)/C(OCc1ccccc1)=C1/C(=O)N2CC3(CCCCC3)OC2CN1C. The number of ketones is 1. The van der Waals surface area contributed by atoms with Crippen molar-refractivity contribution in [3.63, 3.8) is 0 Å². The lowest BCUT2D eigenvalue weighted by molar-refractivity contribution is -0.143. The first-order chi connectivity index (χ1) is 19.3. The number of carbonyl (C=O) groups excluding carboxylic acids is 3. The third-order valence-electron chi connectivity index (χ3n) is 7.79. The summed E-state index contributed by atoms with van der Waals surface area (Å²) >= 11 is 0. The van der Waals surface area contributed by atoms with Gasteiger partial charge < -0.3 is 24.6 Å². The number of nitrogens with zero attached hydrogens (tertiary/aromatic N) is 2. The van der Waals surface area contributed by atoms with Gasteiger partial charge in [0.2, 0.25) is 5.78 Å². The second-order valence-corrected chi connectivity index (χ2v) is 10.7. The molecule has 3 fully saturated rings. The Labute approximate surface area is 233 Å². The fourth-order valence-electron chi connectivity index (χ4n) is 5.61. The van der Waals surface area contributed by atoms with E-state index in [-0.39, 0.29) is 47.5 Å². The highest BCUT2D eigenvalue weighted by atomic mass is 19.1. The Balaban J connectivity index is 1.39. The van der Waals surface area contributed by atoms with E-state index in [1.807, 2.05) is 30.3 Å². The van der Waals surface area contributed by atoms with Gasteiger partial charge in [-0.25, -0.2) is 4.39 Å². The Morgan fingerprint density at radius 3 is 2.48 bits per heavy atom. The minimum absolute atomic E-state index is 0.0286. The zero-order valence-corrected chi connectivity index (χ0v) is 22.7. The number of fused-ring (bicyclic) bond motifs is 1. The number of hydrogen-bond donors (Lipinski definition) is 1. The lowest BCUT2D eigenvalue weighted by atomic mass is 9.85. The number of hydrogen-bond acceptors (Lipinski definition) is 6. The molecule has 40 heavy (non-hydrogen) atoms. The van der Waals surface area contributed by atoms with E-state index < -0.39 is 17.9 Å². The number of ether oxygens (including phenoxy) is 2. The molecule has 1 unspecified atom stereocenters. The van der Waals surface area contributed by atoms with Crippen LogP contribution in [0.2, 0.25) is 0 Å². The summed E-state index contributed by atoms with van der Waals surface area (Å²) in [6, 6.07) is 14.9. The molecule has 9 heteroatoms. The average Bonchev–Trinajstić information content (AvgIpc) is 3.31. The van der Waals surface area contributed by atoms with Crippen LogP contribution in [0.15, 0.2) is 78.2 Å². The lowest BCUT2D eigenvalue weighted by Gasteiger charge is -2.37. The van der Waals surface area contributed by atoms with E-state index in [9.17, 15) is 18.8 Å². The summed E-state index contributed by atoms with van der Waals surface area (Å²) in [5.74, 6) is -2.44. The first kappa shape index (κ1) is 27.6. The molecule has 2 heterocycles. The van der Waals surface area contributed by atoms with Crippen molar-refractivity contribution in [2.45, 2.75) is 57.1 Å². The van der Waals surface area contributed by atoms with Crippen LogP contribution in [0.1, 0.15) is 43.2 Å². The molecule has 1 spiro atoms. The zero-order chi connectivity index (χ0) is 28.3. The second-order valence-electron chi connectivity index (χ2n) is 10.7. The van der Waals surface area contributed by atoms with E-state index in [0.29, 0.717) is 18.7 Å². The summed E-state index contributed by atoms with van der Waals surface area (Å²) < 4.78 is 25.7. The van der Waals surface area contributed by atoms with Crippen molar-refractivity contribution < 1.29 is 28.2 Å². The molecule has 0 aromatic heterocycles. The van der Waals surface area contributed by atoms with Crippen LogP contribution in [0.5, 0.6) is 0 Å². The summed E-state index contributed by atoms with van der Waals surface area (Å²) in [4.78, 5) is 43.9. The molecule has 0 bridgehead atoms. The zero-order valence-electron chi connectivity index (χ0n) is 22.7. The van der Waals surface area contributed by atoms with Gasteiger partial charge in [0, 0.05) is 13.6 Å².